The minimum absolute atomic E-state index is 0.0998. The number of nitrogens with one attached hydrogen (secondary N) is 1. The largest absolute Gasteiger partial charge is 0.279 e. The van der Waals surface area contributed by atoms with Crippen molar-refractivity contribution in [1.29, 1.82) is 0 Å². The molecular weight excluding hydrogens is 248 g/mol. The number of nitrogens with zero attached hydrogens (tertiary/aromatic N) is 1. The summed E-state index contributed by atoms with van der Waals surface area (Å²) in [5, 5.41) is 0. The van der Waals surface area contributed by atoms with Gasteiger partial charge in [0.05, 0.1) is 0 Å². The van der Waals surface area contributed by atoms with E-state index >= 15 is 0 Å². The predicted molar refractivity (Wildman–Crippen MR) is 75.6 cm³/mol. The SMILES string of the molecule is CCCCN(C)S(=O)(=O)NC1CCCC(C)C1C. The minimum Gasteiger partial charge on any atom is -0.199 e. The van der Waals surface area contributed by atoms with Crippen LogP contribution in [0.4, 0.5) is 0 Å². The quantitative estimate of drug-likeness (QED) is 0.809. The smallest absolute Gasteiger partial charge is 0.199 e. The summed E-state index contributed by atoms with van der Waals surface area (Å²) in [4.78, 5) is 0. The second kappa shape index (κ2) is 6.87. The molecule has 3 atom stereocenters. The Hall–Kier alpha value is -0.130. The summed E-state index contributed by atoms with van der Waals surface area (Å²) in [7, 11) is -1.64. The molecule has 0 radical (unpaired) electrons. The molecule has 108 valence electrons. The highest BCUT2D eigenvalue weighted by molar-refractivity contribution is 7.87. The number of hydrogen-bond acceptors (Lipinski definition) is 2. The molecule has 0 bridgehead atoms. The van der Waals surface area contributed by atoms with Crippen molar-refractivity contribution in [2.24, 2.45) is 11.8 Å². The van der Waals surface area contributed by atoms with Gasteiger partial charge in [-0.25, -0.2) is 0 Å². The van der Waals surface area contributed by atoms with Crippen LogP contribution in [0.5, 0.6) is 0 Å². The second-order valence-electron chi connectivity index (χ2n) is 5.67. The molecule has 3 unspecified atom stereocenters. The van der Waals surface area contributed by atoms with Gasteiger partial charge >= 0.3 is 0 Å². The maximum Gasteiger partial charge on any atom is 0.279 e. The second-order valence-corrected chi connectivity index (χ2v) is 7.48. The van der Waals surface area contributed by atoms with Crippen LogP contribution in [0.25, 0.3) is 0 Å². The first kappa shape index (κ1) is 15.9. The molecule has 1 N–H and O–H groups in total. The molecule has 0 amide bonds. The van der Waals surface area contributed by atoms with Crippen molar-refractivity contribution in [3.63, 3.8) is 0 Å². The third-order valence-corrected chi connectivity index (χ3v) is 5.85. The van der Waals surface area contributed by atoms with Gasteiger partial charge in [-0.3, -0.25) is 0 Å². The Balaban J connectivity index is 2.59. The van der Waals surface area contributed by atoms with Gasteiger partial charge in [0.25, 0.3) is 10.2 Å². The molecule has 1 aliphatic rings. The summed E-state index contributed by atoms with van der Waals surface area (Å²) in [6.45, 7) is 7.04. The van der Waals surface area contributed by atoms with Gasteiger partial charge in [-0.05, 0) is 24.7 Å². The van der Waals surface area contributed by atoms with Crippen molar-refractivity contribution in [2.45, 2.75) is 58.9 Å². The van der Waals surface area contributed by atoms with Crippen LogP contribution in [0, 0.1) is 11.8 Å². The van der Waals surface area contributed by atoms with Gasteiger partial charge in [-0.15, -0.1) is 0 Å². The van der Waals surface area contributed by atoms with Crippen LogP contribution in [0.3, 0.4) is 0 Å². The minimum atomic E-state index is -3.31. The molecule has 0 spiro atoms. The van der Waals surface area contributed by atoms with E-state index < -0.39 is 10.2 Å². The molecule has 1 saturated carbocycles. The Kier molecular flexibility index (Phi) is 6.08. The first-order valence-corrected chi connectivity index (χ1v) is 8.56. The first-order chi connectivity index (χ1) is 8.38. The van der Waals surface area contributed by atoms with Gasteiger partial charge in [-0.2, -0.15) is 17.4 Å². The van der Waals surface area contributed by atoms with Gasteiger partial charge < -0.3 is 0 Å². The molecule has 0 aromatic rings. The topological polar surface area (TPSA) is 49.4 Å². The molecule has 0 aliphatic heterocycles. The Labute approximate surface area is 112 Å². The third-order valence-electron chi connectivity index (χ3n) is 4.24. The molecule has 0 aromatic heterocycles. The van der Waals surface area contributed by atoms with Crippen LogP contribution in [0.15, 0.2) is 0 Å². The summed E-state index contributed by atoms with van der Waals surface area (Å²) in [6, 6.07) is 0.0998. The highest BCUT2D eigenvalue weighted by atomic mass is 32.2. The Morgan fingerprint density at radius 2 is 1.94 bits per heavy atom. The summed E-state index contributed by atoms with van der Waals surface area (Å²) in [6.07, 6.45) is 5.22. The molecule has 0 heterocycles. The number of unbranched alkanes of at least 4 members (excludes halogenated alkanes) is 1. The first-order valence-electron chi connectivity index (χ1n) is 7.12. The van der Waals surface area contributed by atoms with Crippen LogP contribution < -0.4 is 4.72 Å². The van der Waals surface area contributed by atoms with E-state index in [1.165, 1.54) is 10.7 Å². The van der Waals surface area contributed by atoms with E-state index in [2.05, 4.69) is 25.5 Å². The van der Waals surface area contributed by atoms with Crippen LogP contribution in [-0.4, -0.2) is 32.4 Å². The van der Waals surface area contributed by atoms with Crippen molar-refractivity contribution < 1.29 is 8.42 Å². The number of hydrogen-bond donors (Lipinski definition) is 1. The molecule has 1 rings (SSSR count). The molecule has 0 aromatic carbocycles. The maximum atomic E-state index is 12.2. The molecule has 1 aliphatic carbocycles. The van der Waals surface area contributed by atoms with Gasteiger partial charge in [0.2, 0.25) is 0 Å². The van der Waals surface area contributed by atoms with Crippen LogP contribution >= 0.6 is 0 Å². The summed E-state index contributed by atoms with van der Waals surface area (Å²) >= 11 is 0. The fourth-order valence-corrected chi connectivity index (χ4v) is 3.80. The zero-order chi connectivity index (χ0) is 13.8. The van der Waals surface area contributed by atoms with Crippen LogP contribution in [-0.2, 0) is 10.2 Å². The molecule has 0 saturated heterocycles. The van der Waals surface area contributed by atoms with Crippen molar-refractivity contribution in [1.82, 2.24) is 9.03 Å². The Morgan fingerprint density at radius 3 is 2.56 bits per heavy atom. The molecule has 4 nitrogen and oxygen atoms in total. The molecule has 5 heteroatoms. The summed E-state index contributed by atoms with van der Waals surface area (Å²) in [5.74, 6) is 1.03. The maximum absolute atomic E-state index is 12.2. The van der Waals surface area contributed by atoms with Gasteiger partial charge in [-0.1, -0.05) is 40.0 Å². The monoisotopic (exact) mass is 276 g/mol. The summed E-state index contributed by atoms with van der Waals surface area (Å²) < 4.78 is 28.7. The van der Waals surface area contributed by atoms with E-state index in [1.807, 2.05) is 0 Å². The van der Waals surface area contributed by atoms with Gasteiger partial charge in [0.1, 0.15) is 0 Å². The highest BCUT2D eigenvalue weighted by Crippen LogP contribution is 2.29. The normalized spacial score (nSPS) is 29.7. The van der Waals surface area contributed by atoms with Crippen molar-refractivity contribution in [3.05, 3.63) is 0 Å². The van der Waals surface area contributed by atoms with E-state index in [9.17, 15) is 8.42 Å². The summed E-state index contributed by atoms with van der Waals surface area (Å²) in [5.41, 5.74) is 0. The standard InChI is InChI=1S/C13H28N2O2S/c1-5-6-10-15(4)18(16,17)14-13-9-7-8-11(2)12(13)3/h11-14H,5-10H2,1-4H3. The van der Waals surface area contributed by atoms with Crippen molar-refractivity contribution in [2.75, 3.05) is 13.6 Å². The molecular formula is C13H28N2O2S. The van der Waals surface area contributed by atoms with E-state index in [0.717, 1.165) is 25.7 Å². The number of rotatable bonds is 6. The van der Waals surface area contributed by atoms with E-state index in [1.54, 1.807) is 7.05 Å². The zero-order valence-corrected chi connectivity index (χ0v) is 13.0. The average molecular weight is 276 g/mol. The van der Waals surface area contributed by atoms with E-state index in [0.29, 0.717) is 18.4 Å². The van der Waals surface area contributed by atoms with Gasteiger partial charge in [0, 0.05) is 19.6 Å². The average Bonchev–Trinajstić information content (AvgIpc) is 2.31. The fourth-order valence-electron chi connectivity index (χ4n) is 2.53. The lowest BCUT2D eigenvalue weighted by Gasteiger charge is -2.35. The Morgan fingerprint density at radius 1 is 1.28 bits per heavy atom. The lowest BCUT2D eigenvalue weighted by Crippen LogP contribution is -2.48. The zero-order valence-electron chi connectivity index (χ0n) is 12.1. The lowest BCUT2D eigenvalue weighted by atomic mass is 9.78. The van der Waals surface area contributed by atoms with Crippen LogP contribution in [0.2, 0.25) is 0 Å². The van der Waals surface area contributed by atoms with Crippen LogP contribution in [0.1, 0.15) is 52.9 Å². The third kappa shape index (κ3) is 4.21. The molecule has 18 heavy (non-hydrogen) atoms. The highest BCUT2D eigenvalue weighted by Gasteiger charge is 2.31. The predicted octanol–water partition coefficient (Wildman–Crippen LogP) is 2.38. The fraction of sp³-hybridized carbons (Fsp3) is 1.00. The lowest BCUT2D eigenvalue weighted by molar-refractivity contribution is 0.224. The van der Waals surface area contributed by atoms with E-state index in [-0.39, 0.29) is 6.04 Å². The van der Waals surface area contributed by atoms with Gasteiger partial charge in [0.15, 0.2) is 0 Å². The van der Waals surface area contributed by atoms with Crippen molar-refractivity contribution in [3.8, 4) is 0 Å². The van der Waals surface area contributed by atoms with Crippen molar-refractivity contribution >= 4 is 10.2 Å². The Bertz CT molecular complexity index is 343. The van der Waals surface area contributed by atoms with E-state index in [4.69, 9.17) is 0 Å². The molecule has 1 fully saturated rings.